The van der Waals surface area contributed by atoms with E-state index < -0.39 is 0 Å². The van der Waals surface area contributed by atoms with E-state index in [9.17, 15) is 9.90 Å². The molecule has 0 bridgehead atoms. The number of anilines is 1. The summed E-state index contributed by atoms with van der Waals surface area (Å²) in [6.45, 7) is 2.48. The Kier molecular flexibility index (Phi) is 5.20. The topological polar surface area (TPSA) is 61.4 Å². The van der Waals surface area contributed by atoms with Crippen LogP contribution in [0.3, 0.4) is 0 Å². The number of hydrogen-bond donors (Lipinski definition) is 3. The number of para-hydroxylation sites is 1. The predicted molar refractivity (Wildman–Crippen MR) is 84.6 cm³/mol. The molecule has 5 heteroatoms. The van der Waals surface area contributed by atoms with Crippen molar-refractivity contribution < 1.29 is 9.90 Å². The lowest BCUT2D eigenvalue weighted by Gasteiger charge is -2.10. The van der Waals surface area contributed by atoms with Crippen molar-refractivity contribution >= 4 is 23.2 Å². The molecule has 0 heterocycles. The molecule has 0 saturated heterocycles. The van der Waals surface area contributed by atoms with Crippen molar-refractivity contribution in [1.82, 2.24) is 5.32 Å². The minimum Gasteiger partial charge on any atom is -0.508 e. The van der Waals surface area contributed by atoms with Gasteiger partial charge in [-0.1, -0.05) is 35.9 Å². The number of carbonyl (C=O) groups excluding carboxylic acids is 1. The molecular formula is C16H17ClN2O2. The molecule has 0 spiro atoms. The van der Waals surface area contributed by atoms with Gasteiger partial charge in [0.1, 0.15) is 5.75 Å². The zero-order valence-corrected chi connectivity index (χ0v) is 12.4. The highest BCUT2D eigenvalue weighted by atomic mass is 35.5. The molecule has 0 fully saturated rings. The number of phenols is 1. The molecule has 3 N–H and O–H groups in total. The molecule has 0 aliphatic carbocycles. The fraction of sp³-hybridized carbons (Fsp3) is 0.188. The Morgan fingerprint density at radius 1 is 1.24 bits per heavy atom. The molecule has 110 valence electrons. The van der Waals surface area contributed by atoms with Crippen LogP contribution in [0.4, 0.5) is 5.69 Å². The highest BCUT2D eigenvalue weighted by molar-refractivity contribution is 6.31. The lowest BCUT2D eigenvalue weighted by atomic mass is 10.2. The van der Waals surface area contributed by atoms with E-state index in [-0.39, 0.29) is 18.2 Å². The van der Waals surface area contributed by atoms with Crippen molar-refractivity contribution in [3.63, 3.8) is 0 Å². The zero-order chi connectivity index (χ0) is 15.2. The Bertz CT molecular complexity index is 644. The van der Waals surface area contributed by atoms with Gasteiger partial charge in [-0.2, -0.15) is 0 Å². The predicted octanol–water partition coefficient (Wildman–Crippen LogP) is 3.08. The average Bonchev–Trinajstić information content (AvgIpc) is 2.45. The van der Waals surface area contributed by atoms with E-state index in [1.54, 1.807) is 30.3 Å². The first-order valence-corrected chi connectivity index (χ1v) is 6.97. The van der Waals surface area contributed by atoms with E-state index in [2.05, 4.69) is 10.6 Å². The molecule has 2 aromatic rings. The van der Waals surface area contributed by atoms with Crippen LogP contribution in [0.5, 0.6) is 5.75 Å². The monoisotopic (exact) mass is 304 g/mol. The third-order valence-electron chi connectivity index (χ3n) is 3.07. The minimum atomic E-state index is -0.157. The highest BCUT2D eigenvalue weighted by Crippen LogP contribution is 2.20. The van der Waals surface area contributed by atoms with Crippen molar-refractivity contribution in [3.05, 3.63) is 58.6 Å². The van der Waals surface area contributed by atoms with E-state index in [0.717, 1.165) is 11.1 Å². The number of halogens is 1. The Balaban J connectivity index is 1.85. The van der Waals surface area contributed by atoms with Crippen LogP contribution in [0, 0.1) is 6.92 Å². The van der Waals surface area contributed by atoms with Gasteiger partial charge in [0.05, 0.1) is 6.54 Å². The Labute approximate surface area is 128 Å². The van der Waals surface area contributed by atoms with Crippen molar-refractivity contribution in [1.29, 1.82) is 0 Å². The van der Waals surface area contributed by atoms with Gasteiger partial charge in [0.2, 0.25) is 5.91 Å². The molecule has 2 aromatic carbocycles. The van der Waals surface area contributed by atoms with Crippen molar-refractivity contribution in [2.45, 2.75) is 13.5 Å². The summed E-state index contributed by atoms with van der Waals surface area (Å²) in [5.74, 6) is 0.0619. The summed E-state index contributed by atoms with van der Waals surface area (Å²) >= 11 is 5.91. The number of amides is 1. The number of aromatic hydroxyl groups is 1. The molecule has 1 amide bonds. The molecule has 21 heavy (non-hydrogen) atoms. The number of hydrogen-bond acceptors (Lipinski definition) is 3. The fourth-order valence-corrected chi connectivity index (χ4v) is 2.07. The van der Waals surface area contributed by atoms with Gasteiger partial charge in [0, 0.05) is 22.8 Å². The summed E-state index contributed by atoms with van der Waals surface area (Å²) in [6, 6.07) is 12.4. The van der Waals surface area contributed by atoms with Crippen LogP contribution >= 0.6 is 11.6 Å². The maximum atomic E-state index is 11.9. The smallest absolute Gasteiger partial charge is 0.238 e. The minimum absolute atomic E-state index is 0.153. The molecule has 0 unspecified atom stereocenters. The standard InChI is InChI=1S/C16H17ClN2O2/c1-11-6-7-13(17)8-14(11)19-16(21)10-18-9-12-4-2-3-5-15(12)20/h2-8,18,20H,9-10H2,1H3,(H,19,21). The normalized spacial score (nSPS) is 10.4. The Morgan fingerprint density at radius 2 is 2.00 bits per heavy atom. The van der Waals surface area contributed by atoms with Crippen molar-refractivity contribution in [2.24, 2.45) is 0 Å². The second kappa shape index (κ2) is 7.11. The van der Waals surface area contributed by atoms with E-state index >= 15 is 0 Å². The highest BCUT2D eigenvalue weighted by Gasteiger charge is 2.06. The van der Waals surface area contributed by atoms with Gasteiger partial charge in [0.15, 0.2) is 0 Å². The molecule has 0 radical (unpaired) electrons. The van der Waals surface area contributed by atoms with Gasteiger partial charge >= 0.3 is 0 Å². The van der Waals surface area contributed by atoms with Gasteiger partial charge in [-0.25, -0.2) is 0 Å². The summed E-state index contributed by atoms with van der Waals surface area (Å²) in [5, 5.41) is 16.0. The third kappa shape index (κ3) is 4.48. The summed E-state index contributed by atoms with van der Waals surface area (Å²) in [6.07, 6.45) is 0. The summed E-state index contributed by atoms with van der Waals surface area (Å²) in [7, 11) is 0. The van der Waals surface area contributed by atoms with Crippen LogP contribution in [0.25, 0.3) is 0 Å². The number of nitrogens with one attached hydrogen (secondary N) is 2. The number of carbonyl (C=O) groups is 1. The van der Waals surface area contributed by atoms with Crippen molar-refractivity contribution in [2.75, 3.05) is 11.9 Å². The fourth-order valence-electron chi connectivity index (χ4n) is 1.89. The second-order valence-corrected chi connectivity index (χ2v) is 5.18. The van der Waals surface area contributed by atoms with Crippen LogP contribution in [0.2, 0.25) is 5.02 Å². The van der Waals surface area contributed by atoms with Crippen LogP contribution in [0.1, 0.15) is 11.1 Å². The van der Waals surface area contributed by atoms with E-state index in [0.29, 0.717) is 17.3 Å². The van der Waals surface area contributed by atoms with Gasteiger partial charge in [-0.3, -0.25) is 4.79 Å². The Morgan fingerprint density at radius 3 is 2.76 bits per heavy atom. The first-order valence-electron chi connectivity index (χ1n) is 6.60. The average molecular weight is 305 g/mol. The molecule has 0 saturated carbocycles. The van der Waals surface area contributed by atoms with Gasteiger partial charge in [-0.15, -0.1) is 0 Å². The van der Waals surface area contributed by atoms with E-state index in [1.165, 1.54) is 0 Å². The van der Waals surface area contributed by atoms with Crippen molar-refractivity contribution in [3.8, 4) is 5.75 Å². The lowest BCUT2D eigenvalue weighted by molar-refractivity contribution is -0.115. The third-order valence-corrected chi connectivity index (χ3v) is 3.30. The zero-order valence-electron chi connectivity index (χ0n) is 11.7. The molecule has 0 aromatic heterocycles. The molecular weight excluding hydrogens is 288 g/mol. The molecule has 0 atom stereocenters. The number of phenolic OH excluding ortho intramolecular Hbond substituents is 1. The second-order valence-electron chi connectivity index (χ2n) is 4.74. The first kappa shape index (κ1) is 15.4. The number of aryl methyl sites for hydroxylation is 1. The van der Waals surface area contributed by atoms with Gasteiger partial charge < -0.3 is 15.7 Å². The van der Waals surface area contributed by atoms with Crippen LogP contribution in [0.15, 0.2) is 42.5 Å². The quantitative estimate of drug-likeness (QED) is 0.795. The first-order chi connectivity index (χ1) is 10.1. The van der Waals surface area contributed by atoms with E-state index in [1.807, 2.05) is 19.1 Å². The van der Waals surface area contributed by atoms with Gasteiger partial charge in [0.25, 0.3) is 0 Å². The molecule has 4 nitrogen and oxygen atoms in total. The Hall–Kier alpha value is -2.04. The SMILES string of the molecule is Cc1ccc(Cl)cc1NC(=O)CNCc1ccccc1O. The summed E-state index contributed by atoms with van der Waals surface area (Å²) in [5.41, 5.74) is 2.41. The van der Waals surface area contributed by atoms with Crippen LogP contribution in [-0.4, -0.2) is 17.6 Å². The van der Waals surface area contributed by atoms with Crippen LogP contribution < -0.4 is 10.6 Å². The number of benzene rings is 2. The van der Waals surface area contributed by atoms with Gasteiger partial charge in [-0.05, 0) is 30.7 Å². The van der Waals surface area contributed by atoms with E-state index in [4.69, 9.17) is 11.6 Å². The molecule has 0 aliphatic rings. The maximum absolute atomic E-state index is 11.9. The summed E-state index contributed by atoms with van der Waals surface area (Å²) in [4.78, 5) is 11.9. The molecule has 2 rings (SSSR count). The largest absolute Gasteiger partial charge is 0.508 e. The van der Waals surface area contributed by atoms with Crippen LogP contribution in [-0.2, 0) is 11.3 Å². The number of rotatable bonds is 5. The maximum Gasteiger partial charge on any atom is 0.238 e. The lowest BCUT2D eigenvalue weighted by Crippen LogP contribution is -2.28. The summed E-state index contributed by atoms with van der Waals surface area (Å²) < 4.78 is 0. The molecule has 0 aliphatic heterocycles.